The minimum atomic E-state index is -3.62. The summed E-state index contributed by atoms with van der Waals surface area (Å²) in [5, 5.41) is 4.29. The number of benzene rings is 1. The molecule has 0 aliphatic carbocycles. The summed E-state index contributed by atoms with van der Waals surface area (Å²) in [6, 6.07) is 10.1. The number of nitrogens with zero attached hydrogens (tertiary/aromatic N) is 4. The molecule has 0 atom stereocenters. The number of sulfonamides is 1. The van der Waals surface area contributed by atoms with Gasteiger partial charge < -0.3 is 9.26 Å². The van der Waals surface area contributed by atoms with E-state index in [0.29, 0.717) is 23.4 Å². The van der Waals surface area contributed by atoms with E-state index in [1.54, 1.807) is 30.3 Å². The SMILES string of the molecule is O=C(OCc1noc(-c2ccccc2Cl)n1)C1CCN(S(=O)(=O)c2cccnc2)CC1. The van der Waals surface area contributed by atoms with Crippen LogP contribution in [-0.4, -0.2) is 46.9 Å². The highest BCUT2D eigenvalue weighted by Crippen LogP contribution is 2.27. The van der Waals surface area contributed by atoms with Gasteiger partial charge in [0, 0.05) is 25.5 Å². The maximum absolute atomic E-state index is 12.7. The summed E-state index contributed by atoms with van der Waals surface area (Å²) < 4.78 is 37.2. The second-order valence-corrected chi connectivity index (χ2v) is 9.32. The summed E-state index contributed by atoms with van der Waals surface area (Å²) in [5.41, 5.74) is 0.594. The molecule has 31 heavy (non-hydrogen) atoms. The van der Waals surface area contributed by atoms with Crippen molar-refractivity contribution in [1.29, 1.82) is 0 Å². The molecule has 0 spiro atoms. The van der Waals surface area contributed by atoms with Crippen LogP contribution in [0.15, 0.2) is 58.2 Å². The summed E-state index contributed by atoms with van der Waals surface area (Å²) in [6.07, 6.45) is 3.57. The van der Waals surface area contributed by atoms with Crippen molar-refractivity contribution in [3.05, 3.63) is 59.6 Å². The monoisotopic (exact) mass is 462 g/mol. The fourth-order valence-corrected chi connectivity index (χ4v) is 4.94. The Hall–Kier alpha value is -2.82. The maximum Gasteiger partial charge on any atom is 0.309 e. The average molecular weight is 463 g/mol. The maximum atomic E-state index is 12.7. The minimum absolute atomic E-state index is 0.138. The zero-order valence-corrected chi connectivity index (χ0v) is 17.9. The molecule has 1 aliphatic rings. The van der Waals surface area contributed by atoms with Crippen LogP contribution in [0.3, 0.4) is 0 Å². The third-order valence-electron chi connectivity index (χ3n) is 4.98. The average Bonchev–Trinajstić information content (AvgIpc) is 3.27. The lowest BCUT2D eigenvalue weighted by Gasteiger charge is -2.29. The number of esters is 1. The molecule has 4 rings (SSSR count). The van der Waals surface area contributed by atoms with Crippen LogP contribution in [0, 0.1) is 5.92 Å². The molecule has 0 amide bonds. The van der Waals surface area contributed by atoms with Crippen LogP contribution in [0.5, 0.6) is 0 Å². The molecule has 1 saturated heterocycles. The number of carbonyl (C=O) groups is 1. The van der Waals surface area contributed by atoms with Crippen LogP contribution in [0.2, 0.25) is 5.02 Å². The van der Waals surface area contributed by atoms with Crippen molar-refractivity contribution in [2.75, 3.05) is 13.1 Å². The molecule has 0 N–H and O–H groups in total. The standard InChI is InChI=1S/C20H19ClN4O5S/c21-17-6-2-1-5-16(17)19-23-18(24-30-19)13-29-20(26)14-7-10-25(11-8-14)31(27,28)15-4-3-9-22-12-15/h1-6,9,12,14H,7-8,10-11,13H2. The molecule has 1 aromatic carbocycles. The van der Waals surface area contributed by atoms with Gasteiger partial charge in [0.05, 0.1) is 16.5 Å². The summed E-state index contributed by atoms with van der Waals surface area (Å²) in [7, 11) is -3.62. The van der Waals surface area contributed by atoms with E-state index in [1.807, 2.05) is 0 Å². The van der Waals surface area contributed by atoms with Gasteiger partial charge in [0.2, 0.25) is 15.8 Å². The van der Waals surface area contributed by atoms with Crippen molar-refractivity contribution >= 4 is 27.6 Å². The first-order valence-electron chi connectivity index (χ1n) is 9.59. The number of halogens is 1. The molecule has 0 bridgehead atoms. The highest BCUT2D eigenvalue weighted by Gasteiger charge is 2.33. The van der Waals surface area contributed by atoms with E-state index in [0.717, 1.165) is 0 Å². The summed E-state index contributed by atoms with van der Waals surface area (Å²) >= 11 is 6.12. The second-order valence-electron chi connectivity index (χ2n) is 6.97. The Kier molecular flexibility index (Phi) is 6.30. The lowest BCUT2D eigenvalue weighted by Crippen LogP contribution is -2.40. The van der Waals surface area contributed by atoms with E-state index in [2.05, 4.69) is 15.1 Å². The van der Waals surface area contributed by atoms with Gasteiger partial charge in [-0.05, 0) is 37.1 Å². The Bertz CT molecular complexity index is 1160. The van der Waals surface area contributed by atoms with Crippen LogP contribution in [0.1, 0.15) is 18.7 Å². The molecule has 2 aromatic heterocycles. The Labute approximate surface area is 184 Å². The normalized spacial score (nSPS) is 15.6. The molecule has 3 heterocycles. The van der Waals surface area contributed by atoms with Crippen molar-refractivity contribution < 1.29 is 22.5 Å². The third-order valence-corrected chi connectivity index (χ3v) is 7.19. The van der Waals surface area contributed by atoms with Crippen molar-refractivity contribution in [2.24, 2.45) is 5.92 Å². The molecule has 0 unspecified atom stereocenters. The van der Waals surface area contributed by atoms with Gasteiger partial charge in [0.25, 0.3) is 5.89 Å². The van der Waals surface area contributed by atoms with Gasteiger partial charge in [0.1, 0.15) is 4.90 Å². The highest BCUT2D eigenvalue weighted by atomic mass is 35.5. The minimum Gasteiger partial charge on any atom is -0.457 e. The van der Waals surface area contributed by atoms with Crippen molar-refractivity contribution in [3.8, 4) is 11.5 Å². The number of rotatable bonds is 6. The van der Waals surface area contributed by atoms with E-state index in [-0.39, 0.29) is 36.3 Å². The third kappa shape index (κ3) is 4.76. The molecule has 1 fully saturated rings. The molecule has 162 valence electrons. The fourth-order valence-electron chi connectivity index (χ4n) is 3.29. The zero-order chi connectivity index (χ0) is 21.8. The first-order valence-corrected chi connectivity index (χ1v) is 11.4. The van der Waals surface area contributed by atoms with Gasteiger partial charge in [-0.15, -0.1) is 0 Å². The number of carbonyl (C=O) groups excluding carboxylic acids is 1. The van der Waals surface area contributed by atoms with Crippen molar-refractivity contribution in [2.45, 2.75) is 24.3 Å². The van der Waals surface area contributed by atoms with E-state index in [1.165, 1.54) is 22.8 Å². The van der Waals surface area contributed by atoms with Gasteiger partial charge in [-0.3, -0.25) is 9.78 Å². The zero-order valence-electron chi connectivity index (χ0n) is 16.3. The molecule has 9 nitrogen and oxygen atoms in total. The van der Waals surface area contributed by atoms with E-state index >= 15 is 0 Å². The van der Waals surface area contributed by atoms with Crippen LogP contribution >= 0.6 is 11.6 Å². The smallest absolute Gasteiger partial charge is 0.309 e. The Morgan fingerprint density at radius 3 is 2.68 bits per heavy atom. The fraction of sp³-hybridized carbons (Fsp3) is 0.300. The molecule has 1 aliphatic heterocycles. The van der Waals surface area contributed by atoms with E-state index < -0.39 is 21.9 Å². The number of pyridine rings is 1. The predicted octanol–water partition coefficient (Wildman–Crippen LogP) is 2.93. The molecule has 0 radical (unpaired) electrons. The Morgan fingerprint density at radius 1 is 1.19 bits per heavy atom. The first-order chi connectivity index (χ1) is 14.9. The Balaban J connectivity index is 1.31. The molecule has 11 heteroatoms. The summed E-state index contributed by atoms with van der Waals surface area (Å²) in [4.78, 5) is 20.6. The van der Waals surface area contributed by atoms with Crippen LogP contribution in [-0.2, 0) is 26.2 Å². The topological polar surface area (TPSA) is 115 Å². The van der Waals surface area contributed by atoms with Gasteiger partial charge >= 0.3 is 5.97 Å². The number of aromatic nitrogens is 3. The van der Waals surface area contributed by atoms with Crippen LogP contribution in [0.25, 0.3) is 11.5 Å². The Morgan fingerprint density at radius 2 is 1.97 bits per heavy atom. The van der Waals surface area contributed by atoms with Crippen molar-refractivity contribution in [3.63, 3.8) is 0 Å². The van der Waals surface area contributed by atoms with Crippen LogP contribution < -0.4 is 0 Å². The first kappa shape index (κ1) is 21.4. The van der Waals surface area contributed by atoms with E-state index in [9.17, 15) is 13.2 Å². The number of hydrogen-bond acceptors (Lipinski definition) is 8. The summed E-state index contributed by atoms with van der Waals surface area (Å²) in [6.45, 7) is 0.326. The molecule has 0 saturated carbocycles. The van der Waals surface area contributed by atoms with Crippen LogP contribution in [0.4, 0.5) is 0 Å². The van der Waals surface area contributed by atoms with Gasteiger partial charge in [0.15, 0.2) is 6.61 Å². The van der Waals surface area contributed by atoms with Gasteiger partial charge in [-0.25, -0.2) is 8.42 Å². The molecular formula is C20H19ClN4O5S. The highest BCUT2D eigenvalue weighted by molar-refractivity contribution is 7.89. The van der Waals surface area contributed by atoms with Gasteiger partial charge in [-0.2, -0.15) is 9.29 Å². The number of piperidine rings is 1. The van der Waals surface area contributed by atoms with Gasteiger partial charge in [-0.1, -0.05) is 28.9 Å². The molecule has 3 aromatic rings. The predicted molar refractivity (Wildman–Crippen MR) is 110 cm³/mol. The number of hydrogen-bond donors (Lipinski definition) is 0. The quantitative estimate of drug-likeness (QED) is 0.513. The summed E-state index contributed by atoms with van der Waals surface area (Å²) in [5.74, 6) is -0.344. The lowest BCUT2D eigenvalue weighted by atomic mass is 9.98. The van der Waals surface area contributed by atoms with E-state index in [4.69, 9.17) is 20.9 Å². The molecular weight excluding hydrogens is 444 g/mol. The van der Waals surface area contributed by atoms with Crippen molar-refractivity contribution in [1.82, 2.24) is 19.4 Å². The largest absolute Gasteiger partial charge is 0.457 e. The number of ether oxygens (including phenoxy) is 1. The lowest BCUT2D eigenvalue weighted by molar-refractivity contribution is -0.151. The second kappa shape index (κ2) is 9.13.